The third-order valence-electron chi connectivity index (χ3n) is 4.98. The van der Waals surface area contributed by atoms with E-state index in [0.717, 1.165) is 69.2 Å². The van der Waals surface area contributed by atoms with Crippen LogP contribution in [0.4, 0.5) is 0 Å². The molecule has 1 aliphatic heterocycles. The Hall–Kier alpha value is -1.44. The number of nitrogens with zero attached hydrogens (tertiary/aromatic N) is 3. The number of hydrogen-bond donors (Lipinski definition) is 2. The number of ether oxygens (including phenoxy) is 1. The van der Waals surface area contributed by atoms with Crippen LogP contribution in [-0.2, 0) is 22.4 Å². The zero-order chi connectivity index (χ0) is 16.9. The van der Waals surface area contributed by atoms with Crippen molar-refractivity contribution in [1.82, 2.24) is 19.8 Å². The number of hydrogen-bond acceptors (Lipinski definition) is 5. The Kier molecular flexibility index (Phi) is 5.86. The minimum Gasteiger partial charge on any atom is -0.394 e. The molecule has 3 rings (SSSR count). The Morgan fingerprint density at radius 3 is 2.88 bits per heavy atom. The quantitative estimate of drug-likeness (QED) is 0.714. The van der Waals surface area contributed by atoms with Crippen molar-refractivity contribution >= 4 is 5.91 Å². The summed E-state index contributed by atoms with van der Waals surface area (Å²) in [6, 6.07) is 0. The normalized spacial score (nSPS) is 21.8. The fraction of sp³-hybridized carbons (Fsp3) is 0.765. The lowest BCUT2D eigenvalue weighted by molar-refractivity contribution is -0.137. The number of fused-ring (bicyclic) bond motifs is 1. The molecule has 2 N–H and O–H groups in total. The zero-order valence-electron chi connectivity index (χ0n) is 14.5. The third-order valence-corrected chi connectivity index (χ3v) is 4.98. The van der Waals surface area contributed by atoms with Crippen LogP contribution in [0.3, 0.4) is 0 Å². The largest absolute Gasteiger partial charge is 0.394 e. The first-order valence-electron chi connectivity index (χ1n) is 8.91. The van der Waals surface area contributed by atoms with Gasteiger partial charge < -0.3 is 19.7 Å². The highest BCUT2D eigenvalue weighted by molar-refractivity contribution is 5.79. The lowest BCUT2D eigenvalue weighted by atomic mass is 9.88. The molecule has 0 bridgehead atoms. The van der Waals surface area contributed by atoms with Gasteiger partial charge in [0.05, 0.1) is 25.5 Å². The first-order valence-corrected chi connectivity index (χ1v) is 8.91. The second-order valence-electron chi connectivity index (χ2n) is 6.69. The molecule has 7 nitrogen and oxygen atoms in total. The molecular formula is C17H28N4O3. The number of amides is 1. The number of aliphatic hydroxyl groups excluding tert-OH is 1. The van der Waals surface area contributed by atoms with Crippen LogP contribution in [0.1, 0.15) is 23.6 Å². The smallest absolute Gasteiger partial charge is 0.226 e. The number of piperazine rings is 1. The number of rotatable bonds is 6. The number of aromatic nitrogens is 2. The van der Waals surface area contributed by atoms with Crippen LogP contribution >= 0.6 is 0 Å². The Balaban J connectivity index is 1.44. The standard InChI is InChI=1S/C17H28N4O3/c1-13-18-15-3-2-14(12-16(15)19-13)17(23)21-6-4-20(5-7-21)8-10-24-11-9-22/h14,22H,2-12H2,1H3,(H,18,19). The number of carbonyl (C=O) groups excluding carboxylic acids is 1. The topological polar surface area (TPSA) is 81.7 Å². The summed E-state index contributed by atoms with van der Waals surface area (Å²) in [5, 5.41) is 8.70. The van der Waals surface area contributed by atoms with Crippen LogP contribution < -0.4 is 0 Å². The number of nitrogens with one attached hydrogen (secondary N) is 1. The number of aliphatic hydroxyl groups is 1. The second-order valence-corrected chi connectivity index (χ2v) is 6.69. The minimum absolute atomic E-state index is 0.0707. The fourth-order valence-electron chi connectivity index (χ4n) is 3.64. The van der Waals surface area contributed by atoms with Crippen LogP contribution in [0.15, 0.2) is 0 Å². The van der Waals surface area contributed by atoms with E-state index in [0.29, 0.717) is 19.1 Å². The molecule has 0 saturated carbocycles. The lowest BCUT2D eigenvalue weighted by Gasteiger charge is -2.37. The van der Waals surface area contributed by atoms with Gasteiger partial charge in [-0.3, -0.25) is 9.69 Å². The van der Waals surface area contributed by atoms with Crippen molar-refractivity contribution in [2.75, 3.05) is 52.5 Å². The first kappa shape index (κ1) is 17.4. The Morgan fingerprint density at radius 1 is 1.33 bits per heavy atom. The van der Waals surface area contributed by atoms with Crippen LogP contribution in [0, 0.1) is 12.8 Å². The van der Waals surface area contributed by atoms with E-state index in [2.05, 4.69) is 14.9 Å². The molecule has 1 fully saturated rings. The first-order chi connectivity index (χ1) is 11.7. The van der Waals surface area contributed by atoms with Crippen molar-refractivity contribution < 1.29 is 14.6 Å². The summed E-state index contributed by atoms with van der Waals surface area (Å²) in [5.41, 5.74) is 2.29. The molecule has 2 heterocycles. The summed E-state index contributed by atoms with van der Waals surface area (Å²) in [5.74, 6) is 1.34. The summed E-state index contributed by atoms with van der Waals surface area (Å²) in [6.45, 7) is 7.33. The van der Waals surface area contributed by atoms with Gasteiger partial charge >= 0.3 is 0 Å². The Morgan fingerprint density at radius 2 is 2.12 bits per heavy atom. The fourth-order valence-corrected chi connectivity index (χ4v) is 3.64. The maximum absolute atomic E-state index is 12.8. The molecule has 24 heavy (non-hydrogen) atoms. The SMILES string of the molecule is Cc1nc2c([nH]1)CC(C(=O)N1CCN(CCOCCO)CC1)CC2. The zero-order valence-corrected chi connectivity index (χ0v) is 14.5. The number of aryl methyl sites for hydroxylation is 2. The molecule has 1 aromatic rings. The molecule has 1 aliphatic carbocycles. The predicted molar refractivity (Wildman–Crippen MR) is 89.8 cm³/mol. The highest BCUT2D eigenvalue weighted by atomic mass is 16.5. The van der Waals surface area contributed by atoms with Crippen molar-refractivity contribution in [3.8, 4) is 0 Å². The van der Waals surface area contributed by atoms with E-state index in [1.165, 1.54) is 0 Å². The van der Waals surface area contributed by atoms with Crippen molar-refractivity contribution in [1.29, 1.82) is 0 Å². The number of H-pyrrole nitrogens is 1. The van der Waals surface area contributed by atoms with Gasteiger partial charge in [-0.05, 0) is 19.8 Å². The predicted octanol–water partition coefficient (Wildman–Crippen LogP) is -0.0239. The van der Waals surface area contributed by atoms with E-state index >= 15 is 0 Å². The second kappa shape index (κ2) is 8.09. The average molecular weight is 336 g/mol. The van der Waals surface area contributed by atoms with Crippen molar-refractivity contribution in [2.24, 2.45) is 5.92 Å². The lowest BCUT2D eigenvalue weighted by Crippen LogP contribution is -2.51. The van der Waals surface area contributed by atoms with Gasteiger partial charge in [-0.1, -0.05) is 0 Å². The highest BCUT2D eigenvalue weighted by Crippen LogP contribution is 2.25. The molecule has 2 aliphatic rings. The van der Waals surface area contributed by atoms with Crippen molar-refractivity contribution in [3.05, 3.63) is 17.2 Å². The minimum atomic E-state index is 0.0707. The molecule has 1 amide bonds. The summed E-state index contributed by atoms with van der Waals surface area (Å²) < 4.78 is 5.31. The maximum atomic E-state index is 12.8. The number of carbonyl (C=O) groups is 1. The van der Waals surface area contributed by atoms with Gasteiger partial charge in [0.1, 0.15) is 5.82 Å². The summed E-state index contributed by atoms with van der Waals surface area (Å²) in [6.07, 6.45) is 2.60. The summed E-state index contributed by atoms with van der Waals surface area (Å²) >= 11 is 0. The third kappa shape index (κ3) is 4.15. The van der Waals surface area contributed by atoms with Crippen LogP contribution in [0.5, 0.6) is 0 Å². The van der Waals surface area contributed by atoms with Crippen molar-refractivity contribution in [3.63, 3.8) is 0 Å². The van der Waals surface area contributed by atoms with Gasteiger partial charge in [-0.2, -0.15) is 0 Å². The van der Waals surface area contributed by atoms with Gasteiger partial charge in [0.15, 0.2) is 0 Å². The molecule has 134 valence electrons. The van der Waals surface area contributed by atoms with Gasteiger partial charge in [-0.25, -0.2) is 4.98 Å². The molecule has 1 unspecified atom stereocenters. The van der Waals surface area contributed by atoms with E-state index in [4.69, 9.17) is 9.84 Å². The van der Waals surface area contributed by atoms with Crippen LogP contribution in [0.2, 0.25) is 0 Å². The highest BCUT2D eigenvalue weighted by Gasteiger charge is 2.31. The number of aromatic amines is 1. The molecule has 1 saturated heterocycles. The summed E-state index contributed by atoms with van der Waals surface area (Å²) in [7, 11) is 0. The van der Waals surface area contributed by atoms with E-state index in [-0.39, 0.29) is 12.5 Å². The monoisotopic (exact) mass is 336 g/mol. The summed E-state index contributed by atoms with van der Waals surface area (Å²) in [4.78, 5) is 24.9. The molecular weight excluding hydrogens is 308 g/mol. The molecule has 7 heteroatoms. The maximum Gasteiger partial charge on any atom is 0.226 e. The number of imidazole rings is 1. The van der Waals surface area contributed by atoms with Crippen molar-refractivity contribution in [2.45, 2.75) is 26.2 Å². The molecule has 0 radical (unpaired) electrons. The van der Waals surface area contributed by atoms with Gasteiger partial charge in [0.2, 0.25) is 5.91 Å². The van der Waals surface area contributed by atoms with E-state index < -0.39 is 0 Å². The average Bonchev–Trinajstić information content (AvgIpc) is 2.98. The van der Waals surface area contributed by atoms with E-state index in [9.17, 15) is 4.79 Å². The molecule has 1 aromatic heterocycles. The van der Waals surface area contributed by atoms with Crippen LogP contribution in [-0.4, -0.2) is 83.3 Å². The molecule has 1 atom stereocenters. The van der Waals surface area contributed by atoms with Gasteiger partial charge in [0.25, 0.3) is 0 Å². The van der Waals surface area contributed by atoms with Gasteiger partial charge in [0, 0.05) is 50.8 Å². The van der Waals surface area contributed by atoms with E-state index in [1.54, 1.807) is 0 Å². The Bertz CT molecular complexity index is 552. The Labute approximate surface area is 143 Å². The van der Waals surface area contributed by atoms with E-state index in [1.807, 2.05) is 11.8 Å². The van der Waals surface area contributed by atoms with Crippen LogP contribution in [0.25, 0.3) is 0 Å². The molecule has 0 aromatic carbocycles. The van der Waals surface area contributed by atoms with Gasteiger partial charge in [-0.15, -0.1) is 0 Å². The molecule has 0 spiro atoms.